The molecule has 0 atom stereocenters. The third-order valence-electron chi connectivity index (χ3n) is 5.75. The van der Waals surface area contributed by atoms with E-state index >= 15 is 0 Å². The molecule has 0 saturated heterocycles. The number of carbonyl (C=O) groups excluding carboxylic acids is 3. The van der Waals surface area contributed by atoms with Crippen molar-refractivity contribution in [2.24, 2.45) is 0 Å². The number of nitrogens with zero attached hydrogens (tertiary/aromatic N) is 1. The number of Topliss-reactive ketones (excluding diaryl/α,β-unsaturated/α-hetero) is 1. The lowest BCUT2D eigenvalue weighted by molar-refractivity contribution is 0.0519. The van der Waals surface area contributed by atoms with E-state index in [2.05, 4.69) is 4.98 Å². The zero-order chi connectivity index (χ0) is 22.1. The number of H-pyrrole nitrogens is 1. The van der Waals surface area contributed by atoms with E-state index in [0.29, 0.717) is 28.1 Å². The highest BCUT2D eigenvalue weighted by atomic mass is 16.5. The van der Waals surface area contributed by atoms with E-state index in [-0.39, 0.29) is 30.9 Å². The van der Waals surface area contributed by atoms with Gasteiger partial charge in [-0.1, -0.05) is 30.3 Å². The number of benzene rings is 2. The summed E-state index contributed by atoms with van der Waals surface area (Å²) in [4.78, 5) is 43.3. The highest BCUT2D eigenvalue weighted by Crippen LogP contribution is 2.30. The number of ether oxygens (including phenoxy) is 1. The van der Waals surface area contributed by atoms with Crippen molar-refractivity contribution in [1.82, 2.24) is 9.88 Å². The van der Waals surface area contributed by atoms with Crippen LogP contribution in [0.4, 0.5) is 0 Å². The summed E-state index contributed by atoms with van der Waals surface area (Å²) in [5, 5.41) is 2.06. The Bertz CT molecular complexity index is 1170. The van der Waals surface area contributed by atoms with Gasteiger partial charge in [-0.05, 0) is 62.1 Å². The number of hydrogen-bond acceptors (Lipinski definition) is 4. The fourth-order valence-corrected chi connectivity index (χ4v) is 4.05. The maximum atomic E-state index is 13.3. The van der Waals surface area contributed by atoms with E-state index in [9.17, 15) is 14.4 Å². The van der Waals surface area contributed by atoms with Crippen LogP contribution in [-0.2, 0) is 4.74 Å². The van der Waals surface area contributed by atoms with Crippen LogP contribution < -0.4 is 0 Å². The second-order valence-corrected chi connectivity index (χ2v) is 7.99. The molecule has 0 bridgehead atoms. The predicted octanol–water partition coefficient (Wildman–Crippen LogP) is 4.45. The Morgan fingerprint density at radius 1 is 1.06 bits per heavy atom. The second-order valence-electron chi connectivity index (χ2n) is 7.99. The third-order valence-corrected chi connectivity index (χ3v) is 5.75. The average molecular weight is 418 g/mol. The van der Waals surface area contributed by atoms with Crippen LogP contribution >= 0.6 is 0 Å². The maximum absolute atomic E-state index is 13.3. The number of nitrogens with one attached hydrogen (secondary N) is 1. The van der Waals surface area contributed by atoms with Crippen molar-refractivity contribution in [3.63, 3.8) is 0 Å². The topological polar surface area (TPSA) is 79.5 Å². The summed E-state index contributed by atoms with van der Waals surface area (Å²) in [5.74, 6) is -0.797. The molecule has 1 N–H and O–H groups in total. The van der Waals surface area contributed by atoms with Crippen LogP contribution in [-0.4, -0.2) is 46.7 Å². The average Bonchev–Trinajstić information content (AvgIpc) is 3.55. The van der Waals surface area contributed by atoms with Crippen molar-refractivity contribution in [2.45, 2.75) is 39.7 Å². The van der Waals surface area contributed by atoms with Crippen molar-refractivity contribution >= 4 is 28.4 Å². The van der Waals surface area contributed by atoms with Gasteiger partial charge in [0.1, 0.15) is 5.69 Å². The molecule has 6 heteroatoms. The second kappa shape index (κ2) is 8.38. The number of hydrogen-bond donors (Lipinski definition) is 1. The minimum absolute atomic E-state index is 0.0157. The molecule has 1 aliphatic rings. The summed E-state index contributed by atoms with van der Waals surface area (Å²) < 4.78 is 5.07. The Kier molecular flexibility index (Phi) is 5.63. The van der Waals surface area contributed by atoms with Crippen molar-refractivity contribution in [1.29, 1.82) is 0 Å². The molecule has 0 radical (unpaired) electrons. The summed E-state index contributed by atoms with van der Waals surface area (Å²) in [6.07, 6.45) is 1.79. The number of aryl methyl sites for hydroxylation is 1. The van der Waals surface area contributed by atoms with Gasteiger partial charge in [-0.3, -0.25) is 9.59 Å². The predicted molar refractivity (Wildman–Crippen MR) is 119 cm³/mol. The van der Waals surface area contributed by atoms with Gasteiger partial charge in [0.25, 0.3) is 5.91 Å². The number of esters is 1. The Hall–Kier alpha value is -3.41. The number of aromatic nitrogens is 1. The lowest BCUT2D eigenvalue weighted by Gasteiger charge is -2.22. The van der Waals surface area contributed by atoms with Gasteiger partial charge in [-0.2, -0.15) is 0 Å². The van der Waals surface area contributed by atoms with Crippen molar-refractivity contribution in [3.05, 3.63) is 70.5 Å². The van der Waals surface area contributed by atoms with Gasteiger partial charge >= 0.3 is 5.97 Å². The standard InChI is InChI=1S/C25H26N2O4/c1-4-31-25(30)23-15(2)22(16(3)26-23)21(28)14-27(20-11-12-20)24(29)19-10-9-17-7-5-6-8-18(17)13-19/h5-10,13,20,26H,4,11-12,14H2,1-3H3. The van der Waals surface area contributed by atoms with Gasteiger partial charge in [0.2, 0.25) is 0 Å². The van der Waals surface area contributed by atoms with Gasteiger partial charge in [0.15, 0.2) is 5.78 Å². The maximum Gasteiger partial charge on any atom is 0.355 e. The van der Waals surface area contributed by atoms with Crippen LogP contribution in [0.1, 0.15) is 62.2 Å². The monoisotopic (exact) mass is 418 g/mol. The molecular formula is C25H26N2O4. The number of aromatic amines is 1. The van der Waals surface area contributed by atoms with E-state index in [1.54, 1.807) is 25.7 Å². The third kappa shape index (κ3) is 4.10. The lowest BCUT2D eigenvalue weighted by atomic mass is 10.0. The van der Waals surface area contributed by atoms with Crippen LogP contribution in [0.15, 0.2) is 42.5 Å². The van der Waals surface area contributed by atoms with Crippen LogP contribution in [0.5, 0.6) is 0 Å². The SMILES string of the molecule is CCOC(=O)c1[nH]c(C)c(C(=O)CN(C(=O)c2ccc3ccccc3c2)C2CC2)c1C. The molecule has 2 aromatic carbocycles. The molecule has 1 aliphatic carbocycles. The first-order valence-corrected chi connectivity index (χ1v) is 10.6. The first-order chi connectivity index (χ1) is 14.9. The molecule has 1 heterocycles. The minimum atomic E-state index is -0.478. The number of ketones is 1. The van der Waals surface area contributed by atoms with E-state index in [0.717, 1.165) is 23.6 Å². The van der Waals surface area contributed by atoms with Gasteiger partial charge in [-0.15, -0.1) is 0 Å². The number of carbonyl (C=O) groups is 3. The minimum Gasteiger partial charge on any atom is -0.461 e. The molecule has 4 rings (SSSR count). The summed E-state index contributed by atoms with van der Waals surface area (Å²) in [7, 11) is 0. The van der Waals surface area contributed by atoms with Gasteiger partial charge in [0.05, 0.1) is 13.2 Å². The molecule has 1 amide bonds. The first-order valence-electron chi connectivity index (χ1n) is 10.6. The summed E-state index contributed by atoms with van der Waals surface area (Å²) >= 11 is 0. The molecule has 1 aromatic heterocycles. The zero-order valence-electron chi connectivity index (χ0n) is 18.0. The van der Waals surface area contributed by atoms with E-state index in [1.807, 2.05) is 42.5 Å². The van der Waals surface area contributed by atoms with Crippen molar-refractivity contribution < 1.29 is 19.1 Å². The molecule has 1 fully saturated rings. The Balaban J connectivity index is 1.59. The quantitative estimate of drug-likeness (QED) is 0.454. The number of rotatable bonds is 7. The molecule has 0 unspecified atom stereocenters. The van der Waals surface area contributed by atoms with Crippen LogP contribution in [0.25, 0.3) is 10.8 Å². The van der Waals surface area contributed by atoms with Crippen molar-refractivity contribution in [3.8, 4) is 0 Å². The first kappa shape index (κ1) is 20.8. The summed E-state index contributed by atoms with van der Waals surface area (Å²) in [5.41, 5.74) is 2.50. The molecule has 6 nitrogen and oxygen atoms in total. The smallest absolute Gasteiger partial charge is 0.355 e. The molecule has 160 valence electrons. The molecular weight excluding hydrogens is 392 g/mol. The molecule has 0 spiro atoms. The van der Waals surface area contributed by atoms with Crippen LogP contribution in [0.3, 0.4) is 0 Å². The fraction of sp³-hybridized carbons (Fsp3) is 0.320. The van der Waals surface area contributed by atoms with Crippen LogP contribution in [0.2, 0.25) is 0 Å². The molecule has 3 aromatic rings. The lowest BCUT2D eigenvalue weighted by Crippen LogP contribution is -2.37. The fourth-order valence-electron chi connectivity index (χ4n) is 4.05. The van der Waals surface area contributed by atoms with E-state index in [1.165, 1.54) is 0 Å². The summed E-state index contributed by atoms with van der Waals surface area (Å²) in [6, 6.07) is 13.6. The largest absolute Gasteiger partial charge is 0.461 e. The molecule has 1 saturated carbocycles. The zero-order valence-corrected chi connectivity index (χ0v) is 18.0. The normalized spacial score (nSPS) is 13.3. The Morgan fingerprint density at radius 2 is 1.77 bits per heavy atom. The van der Waals surface area contributed by atoms with Gasteiger partial charge in [0, 0.05) is 22.9 Å². The Morgan fingerprint density at radius 3 is 2.45 bits per heavy atom. The summed E-state index contributed by atoms with van der Waals surface area (Å²) in [6.45, 7) is 5.47. The van der Waals surface area contributed by atoms with Crippen LogP contribution in [0, 0.1) is 13.8 Å². The Labute approximate surface area is 181 Å². The van der Waals surface area contributed by atoms with E-state index < -0.39 is 5.97 Å². The van der Waals surface area contributed by atoms with Crippen molar-refractivity contribution in [2.75, 3.05) is 13.2 Å². The number of fused-ring (bicyclic) bond motifs is 1. The van der Waals surface area contributed by atoms with Gasteiger partial charge < -0.3 is 14.6 Å². The molecule has 31 heavy (non-hydrogen) atoms. The van der Waals surface area contributed by atoms with E-state index in [4.69, 9.17) is 4.74 Å². The highest BCUT2D eigenvalue weighted by Gasteiger charge is 2.35. The molecule has 0 aliphatic heterocycles. The highest BCUT2D eigenvalue weighted by molar-refractivity contribution is 6.06. The van der Waals surface area contributed by atoms with Gasteiger partial charge in [-0.25, -0.2) is 4.79 Å². The number of amides is 1.